The Bertz CT molecular complexity index is 1110. The summed E-state index contributed by atoms with van der Waals surface area (Å²) < 4.78 is 10.8. The second-order valence-electron chi connectivity index (χ2n) is 8.60. The van der Waals surface area contributed by atoms with Gasteiger partial charge in [-0.15, -0.1) is 0 Å². The molecule has 2 saturated carbocycles. The molecule has 6 unspecified atom stereocenters. The molecule has 4 aliphatic rings. The van der Waals surface area contributed by atoms with Gasteiger partial charge in [0.05, 0.1) is 37.5 Å². The van der Waals surface area contributed by atoms with Gasteiger partial charge in [0.2, 0.25) is 11.8 Å². The van der Waals surface area contributed by atoms with Gasteiger partial charge in [0.15, 0.2) is 11.5 Å². The molecule has 1 saturated heterocycles. The topological polar surface area (TPSA) is 77.4 Å². The van der Waals surface area contributed by atoms with Crippen LogP contribution >= 0.6 is 0 Å². The highest BCUT2D eigenvalue weighted by Gasteiger charge is 2.70. The standard InChI is InChI=1S/C24H22N2O5/c1-29-16-9-8-12(10-17(16)30-2)21-20-14-11-15(22(20)31-25-21)19-18(14)23(27)26(24(19)28)13-6-4-3-5-7-13/h3-10,14-15,18-20,22H,11H2,1-2H3. The maximum absolute atomic E-state index is 13.4. The number of benzene rings is 2. The van der Waals surface area contributed by atoms with E-state index < -0.39 is 0 Å². The monoisotopic (exact) mass is 418 g/mol. The van der Waals surface area contributed by atoms with E-state index in [1.807, 2.05) is 48.5 Å². The number of hydrogen-bond acceptors (Lipinski definition) is 6. The first kappa shape index (κ1) is 18.4. The summed E-state index contributed by atoms with van der Waals surface area (Å²) in [7, 11) is 3.20. The predicted molar refractivity (Wildman–Crippen MR) is 112 cm³/mol. The Morgan fingerprint density at radius 3 is 2.32 bits per heavy atom. The van der Waals surface area contributed by atoms with Crippen LogP contribution in [0.5, 0.6) is 11.5 Å². The smallest absolute Gasteiger partial charge is 0.238 e. The van der Waals surface area contributed by atoms with Gasteiger partial charge in [-0.25, -0.2) is 0 Å². The Kier molecular flexibility index (Phi) is 3.91. The van der Waals surface area contributed by atoms with Gasteiger partial charge in [-0.05, 0) is 42.7 Å². The van der Waals surface area contributed by atoms with E-state index in [0.717, 1.165) is 17.7 Å². The zero-order valence-corrected chi connectivity index (χ0v) is 17.2. The zero-order chi connectivity index (χ0) is 21.3. The number of fused-ring (bicyclic) bond motifs is 8. The van der Waals surface area contributed by atoms with Crippen LogP contribution in [0.25, 0.3) is 0 Å². The van der Waals surface area contributed by atoms with E-state index in [-0.39, 0.29) is 47.5 Å². The van der Waals surface area contributed by atoms with Crippen LogP contribution in [-0.2, 0) is 14.4 Å². The third-order valence-corrected chi connectivity index (χ3v) is 7.38. The average Bonchev–Trinajstić information content (AvgIpc) is 3.54. The minimum Gasteiger partial charge on any atom is -0.493 e. The second kappa shape index (κ2) is 6.57. The summed E-state index contributed by atoms with van der Waals surface area (Å²) in [6, 6.07) is 14.9. The number of carbonyl (C=O) groups is 2. The lowest BCUT2D eigenvalue weighted by atomic mass is 9.71. The molecule has 3 fully saturated rings. The van der Waals surface area contributed by atoms with E-state index in [9.17, 15) is 9.59 Å². The first-order chi connectivity index (χ1) is 15.1. The summed E-state index contributed by atoms with van der Waals surface area (Å²) in [5.41, 5.74) is 2.37. The van der Waals surface area contributed by atoms with Crippen LogP contribution in [0, 0.1) is 29.6 Å². The van der Waals surface area contributed by atoms with Crippen LogP contribution < -0.4 is 14.4 Å². The maximum Gasteiger partial charge on any atom is 0.238 e. The van der Waals surface area contributed by atoms with E-state index in [0.29, 0.717) is 17.2 Å². The van der Waals surface area contributed by atoms with Crippen molar-refractivity contribution in [3.8, 4) is 11.5 Å². The first-order valence-electron chi connectivity index (χ1n) is 10.5. The van der Waals surface area contributed by atoms with Gasteiger partial charge in [0, 0.05) is 17.4 Å². The Morgan fingerprint density at radius 2 is 1.61 bits per heavy atom. The maximum atomic E-state index is 13.4. The number of methoxy groups -OCH3 is 2. The Labute approximate surface area is 179 Å². The highest BCUT2D eigenvalue weighted by molar-refractivity contribution is 6.23. The van der Waals surface area contributed by atoms with Crippen molar-refractivity contribution in [2.24, 2.45) is 34.7 Å². The number of oxime groups is 1. The van der Waals surface area contributed by atoms with Crippen molar-refractivity contribution in [2.75, 3.05) is 19.1 Å². The summed E-state index contributed by atoms with van der Waals surface area (Å²) in [6.45, 7) is 0. The van der Waals surface area contributed by atoms with E-state index in [1.165, 1.54) is 4.90 Å². The number of hydrogen-bond donors (Lipinski definition) is 0. The van der Waals surface area contributed by atoms with Crippen LogP contribution in [0.2, 0.25) is 0 Å². The van der Waals surface area contributed by atoms with Crippen molar-refractivity contribution < 1.29 is 23.9 Å². The minimum absolute atomic E-state index is 0.00294. The predicted octanol–water partition coefficient (Wildman–Crippen LogP) is 2.88. The lowest BCUT2D eigenvalue weighted by Gasteiger charge is -2.29. The molecule has 2 bridgehead atoms. The molecule has 0 N–H and O–H groups in total. The molecule has 2 aliphatic carbocycles. The lowest BCUT2D eigenvalue weighted by molar-refractivity contribution is -0.125. The molecular formula is C24H22N2O5. The fourth-order valence-corrected chi connectivity index (χ4v) is 6.19. The molecule has 2 aliphatic heterocycles. The van der Waals surface area contributed by atoms with E-state index in [2.05, 4.69) is 5.16 Å². The van der Waals surface area contributed by atoms with Gasteiger partial charge in [-0.2, -0.15) is 0 Å². The van der Waals surface area contributed by atoms with E-state index in [1.54, 1.807) is 14.2 Å². The molecule has 0 spiro atoms. The number of rotatable bonds is 4. The highest BCUT2D eigenvalue weighted by Crippen LogP contribution is 2.62. The number of amides is 2. The lowest BCUT2D eigenvalue weighted by Crippen LogP contribution is -2.41. The quantitative estimate of drug-likeness (QED) is 0.714. The van der Waals surface area contributed by atoms with Crippen LogP contribution in [0.4, 0.5) is 5.69 Å². The van der Waals surface area contributed by atoms with Crippen molar-refractivity contribution in [2.45, 2.75) is 12.5 Å². The highest BCUT2D eigenvalue weighted by atomic mass is 16.6. The number of anilines is 1. The minimum atomic E-state index is -0.320. The third kappa shape index (κ3) is 2.37. The van der Waals surface area contributed by atoms with Gasteiger partial charge in [0.1, 0.15) is 6.10 Å². The molecule has 2 aromatic carbocycles. The molecule has 158 valence electrons. The van der Waals surface area contributed by atoms with Crippen LogP contribution in [0.15, 0.2) is 53.7 Å². The average molecular weight is 418 g/mol. The summed E-state index contributed by atoms with van der Waals surface area (Å²) in [4.78, 5) is 33.9. The van der Waals surface area contributed by atoms with Gasteiger partial charge < -0.3 is 14.3 Å². The van der Waals surface area contributed by atoms with Crippen molar-refractivity contribution in [3.63, 3.8) is 0 Å². The van der Waals surface area contributed by atoms with Crippen LogP contribution in [0.3, 0.4) is 0 Å². The van der Waals surface area contributed by atoms with Gasteiger partial charge in [-0.3, -0.25) is 14.5 Å². The fourth-order valence-electron chi connectivity index (χ4n) is 6.19. The molecule has 7 nitrogen and oxygen atoms in total. The van der Waals surface area contributed by atoms with Crippen molar-refractivity contribution in [1.82, 2.24) is 0 Å². The van der Waals surface area contributed by atoms with Gasteiger partial charge >= 0.3 is 0 Å². The molecule has 0 radical (unpaired) electrons. The Morgan fingerprint density at radius 1 is 0.903 bits per heavy atom. The third-order valence-electron chi connectivity index (χ3n) is 7.38. The second-order valence-corrected chi connectivity index (χ2v) is 8.60. The first-order valence-corrected chi connectivity index (χ1v) is 10.5. The number of imide groups is 1. The normalized spacial score (nSPS) is 32.6. The summed E-state index contributed by atoms with van der Waals surface area (Å²) in [5.74, 6) is 0.480. The molecule has 6 atom stereocenters. The van der Waals surface area contributed by atoms with Crippen LogP contribution in [-0.4, -0.2) is 37.8 Å². The molecule has 2 aromatic rings. The number of nitrogens with zero attached hydrogens (tertiary/aromatic N) is 2. The van der Waals surface area contributed by atoms with Crippen molar-refractivity contribution >= 4 is 23.2 Å². The largest absolute Gasteiger partial charge is 0.493 e. The van der Waals surface area contributed by atoms with E-state index >= 15 is 0 Å². The number of para-hydroxylation sites is 1. The summed E-state index contributed by atoms with van der Waals surface area (Å²) in [5, 5.41) is 4.40. The van der Waals surface area contributed by atoms with Gasteiger partial charge in [0.25, 0.3) is 0 Å². The number of ether oxygens (including phenoxy) is 2. The van der Waals surface area contributed by atoms with Crippen molar-refractivity contribution in [3.05, 3.63) is 54.1 Å². The Balaban J connectivity index is 1.34. The molecule has 0 aromatic heterocycles. The molecule has 2 amide bonds. The molecular weight excluding hydrogens is 396 g/mol. The fraction of sp³-hybridized carbons (Fsp3) is 0.375. The molecule has 2 heterocycles. The summed E-state index contributed by atoms with van der Waals surface area (Å²) in [6.07, 6.45) is 0.652. The molecule has 7 heteroatoms. The zero-order valence-electron chi connectivity index (χ0n) is 17.2. The Hall–Kier alpha value is -3.35. The van der Waals surface area contributed by atoms with Crippen molar-refractivity contribution in [1.29, 1.82) is 0 Å². The molecule has 6 rings (SSSR count). The molecule has 31 heavy (non-hydrogen) atoms. The van der Waals surface area contributed by atoms with E-state index in [4.69, 9.17) is 14.3 Å². The van der Waals surface area contributed by atoms with Gasteiger partial charge in [-0.1, -0.05) is 23.4 Å². The summed E-state index contributed by atoms with van der Waals surface area (Å²) >= 11 is 0. The number of carbonyl (C=O) groups excluding carboxylic acids is 2. The van der Waals surface area contributed by atoms with Crippen LogP contribution in [0.1, 0.15) is 12.0 Å². The SMILES string of the molecule is COc1ccc(C2=NOC3C4CC(C23)C2C(=O)N(c3ccccc3)C(=O)C42)cc1OC.